The molecule has 0 fully saturated rings. The summed E-state index contributed by atoms with van der Waals surface area (Å²) in [5.74, 6) is 0.935. The van der Waals surface area contributed by atoms with Gasteiger partial charge in [0.25, 0.3) is 0 Å². The lowest BCUT2D eigenvalue weighted by atomic mass is 9.77. The second-order valence-corrected chi connectivity index (χ2v) is 6.11. The molecule has 0 radical (unpaired) electrons. The smallest absolute Gasteiger partial charge is 0.120 e. The molecule has 0 spiro atoms. The fraction of sp³-hybridized carbons (Fsp3) is 0.294. The van der Waals surface area contributed by atoms with E-state index in [1.165, 1.54) is 0 Å². The maximum atomic E-state index is 9.75. The SMILES string of the molecule is CC(C)(c1ccc(O)c(CCl)c1)c1ccc(O)c(CCl)c1. The topological polar surface area (TPSA) is 40.5 Å². The molecule has 112 valence electrons. The Morgan fingerprint density at radius 1 is 0.810 bits per heavy atom. The van der Waals surface area contributed by atoms with Crippen LogP contribution in [0.3, 0.4) is 0 Å². The molecule has 0 aromatic heterocycles. The van der Waals surface area contributed by atoms with Crippen molar-refractivity contribution < 1.29 is 10.2 Å². The standard InChI is InChI=1S/C17H18Cl2O2/c1-17(2,13-3-5-15(20)11(7-13)9-18)14-4-6-16(21)12(8-14)10-19/h3-8,20-21H,9-10H2,1-2H3. The number of alkyl halides is 2. The minimum absolute atomic E-state index is 0.205. The van der Waals surface area contributed by atoms with Crippen LogP contribution in [0, 0.1) is 0 Å². The molecule has 0 aliphatic heterocycles. The van der Waals surface area contributed by atoms with Crippen LogP contribution in [0.15, 0.2) is 36.4 Å². The van der Waals surface area contributed by atoms with Gasteiger partial charge in [0.15, 0.2) is 0 Å². The van der Waals surface area contributed by atoms with E-state index in [0.29, 0.717) is 11.1 Å². The maximum absolute atomic E-state index is 9.75. The van der Waals surface area contributed by atoms with E-state index in [9.17, 15) is 10.2 Å². The zero-order chi connectivity index (χ0) is 15.6. The van der Waals surface area contributed by atoms with Crippen LogP contribution in [-0.4, -0.2) is 10.2 Å². The first-order valence-electron chi connectivity index (χ1n) is 6.66. The Hall–Kier alpha value is -1.38. The molecule has 2 N–H and O–H groups in total. The maximum Gasteiger partial charge on any atom is 0.120 e. The summed E-state index contributed by atoms with van der Waals surface area (Å²) in [6.07, 6.45) is 0. The van der Waals surface area contributed by atoms with Crippen LogP contribution in [0.25, 0.3) is 0 Å². The van der Waals surface area contributed by atoms with E-state index in [1.807, 2.05) is 24.3 Å². The van der Waals surface area contributed by atoms with Crippen molar-refractivity contribution in [2.24, 2.45) is 0 Å². The predicted octanol–water partition coefficient (Wildman–Crippen LogP) is 4.90. The molecule has 0 amide bonds. The summed E-state index contributed by atoms with van der Waals surface area (Å²) in [4.78, 5) is 0. The Balaban J connectivity index is 2.50. The van der Waals surface area contributed by atoms with Gasteiger partial charge >= 0.3 is 0 Å². The monoisotopic (exact) mass is 324 g/mol. The minimum Gasteiger partial charge on any atom is -0.508 e. The summed E-state index contributed by atoms with van der Waals surface area (Å²) in [5.41, 5.74) is 3.21. The third-order valence-electron chi connectivity index (χ3n) is 3.89. The third-order valence-corrected chi connectivity index (χ3v) is 4.47. The number of rotatable bonds is 4. The first-order chi connectivity index (χ1) is 9.90. The molecule has 0 saturated carbocycles. The predicted molar refractivity (Wildman–Crippen MR) is 87.5 cm³/mol. The summed E-state index contributed by atoms with van der Waals surface area (Å²) < 4.78 is 0. The van der Waals surface area contributed by atoms with Gasteiger partial charge in [-0.25, -0.2) is 0 Å². The Labute approximate surface area is 135 Å². The Morgan fingerprint density at radius 3 is 1.52 bits per heavy atom. The van der Waals surface area contributed by atoms with Gasteiger partial charge in [-0.15, -0.1) is 23.2 Å². The van der Waals surface area contributed by atoms with Crippen LogP contribution >= 0.6 is 23.2 Å². The van der Waals surface area contributed by atoms with Gasteiger partial charge < -0.3 is 10.2 Å². The highest BCUT2D eigenvalue weighted by atomic mass is 35.5. The van der Waals surface area contributed by atoms with Crippen molar-refractivity contribution in [2.45, 2.75) is 31.0 Å². The van der Waals surface area contributed by atoms with Crippen molar-refractivity contribution in [1.82, 2.24) is 0 Å². The molecular formula is C17H18Cl2O2. The second-order valence-electron chi connectivity index (χ2n) is 5.58. The lowest BCUT2D eigenvalue weighted by molar-refractivity contribution is 0.469. The number of phenolic OH excluding ortho intramolecular Hbond substituents is 2. The number of aromatic hydroxyl groups is 2. The van der Waals surface area contributed by atoms with E-state index < -0.39 is 0 Å². The lowest BCUT2D eigenvalue weighted by Crippen LogP contribution is -2.19. The van der Waals surface area contributed by atoms with E-state index in [-0.39, 0.29) is 28.7 Å². The van der Waals surface area contributed by atoms with E-state index in [4.69, 9.17) is 23.2 Å². The fourth-order valence-corrected chi connectivity index (χ4v) is 2.76. The molecule has 0 aliphatic carbocycles. The van der Waals surface area contributed by atoms with Crippen molar-refractivity contribution in [3.63, 3.8) is 0 Å². The van der Waals surface area contributed by atoms with E-state index in [1.54, 1.807) is 12.1 Å². The van der Waals surface area contributed by atoms with Crippen LogP contribution in [0.5, 0.6) is 11.5 Å². The number of benzene rings is 2. The zero-order valence-electron chi connectivity index (χ0n) is 12.0. The van der Waals surface area contributed by atoms with Gasteiger partial charge in [0.1, 0.15) is 11.5 Å². The van der Waals surface area contributed by atoms with Crippen molar-refractivity contribution in [3.05, 3.63) is 58.7 Å². The summed E-state index contributed by atoms with van der Waals surface area (Å²) in [5, 5.41) is 19.5. The molecule has 0 bridgehead atoms. The fourth-order valence-electron chi connectivity index (χ4n) is 2.33. The van der Waals surface area contributed by atoms with Crippen LogP contribution in [0.4, 0.5) is 0 Å². The molecule has 0 heterocycles. The van der Waals surface area contributed by atoms with Gasteiger partial charge in [-0.3, -0.25) is 0 Å². The summed E-state index contributed by atoms with van der Waals surface area (Å²) in [6.45, 7) is 4.17. The van der Waals surface area contributed by atoms with E-state index >= 15 is 0 Å². The van der Waals surface area contributed by atoms with E-state index in [2.05, 4.69) is 13.8 Å². The van der Waals surface area contributed by atoms with E-state index in [0.717, 1.165) is 11.1 Å². The minimum atomic E-state index is -0.289. The molecule has 0 unspecified atom stereocenters. The van der Waals surface area contributed by atoms with Crippen LogP contribution in [0.2, 0.25) is 0 Å². The average molecular weight is 325 g/mol. The molecular weight excluding hydrogens is 307 g/mol. The third kappa shape index (κ3) is 3.12. The highest BCUT2D eigenvalue weighted by Crippen LogP contribution is 2.36. The molecule has 0 aliphatic rings. The zero-order valence-corrected chi connectivity index (χ0v) is 13.5. The number of hydrogen-bond donors (Lipinski definition) is 2. The number of phenols is 2. The van der Waals surface area contributed by atoms with Crippen molar-refractivity contribution >= 4 is 23.2 Å². The van der Waals surface area contributed by atoms with Crippen molar-refractivity contribution in [3.8, 4) is 11.5 Å². The van der Waals surface area contributed by atoms with Gasteiger partial charge in [-0.05, 0) is 23.3 Å². The Morgan fingerprint density at radius 2 is 1.19 bits per heavy atom. The van der Waals surface area contributed by atoms with Crippen LogP contribution in [0.1, 0.15) is 36.1 Å². The highest BCUT2D eigenvalue weighted by Gasteiger charge is 2.24. The summed E-state index contributed by atoms with van der Waals surface area (Å²) in [7, 11) is 0. The molecule has 2 rings (SSSR count). The molecule has 2 aromatic carbocycles. The molecule has 2 nitrogen and oxygen atoms in total. The quantitative estimate of drug-likeness (QED) is 0.785. The molecule has 2 aromatic rings. The first kappa shape index (κ1) is 16.0. The summed E-state index contributed by atoms with van der Waals surface area (Å²) in [6, 6.07) is 10.9. The molecule has 4 heteroatoms. The second kappa shape index (κ2) is 6.17. The molecule has 0 saturated heterocycles. The van der Waals surface area contributed by atoms with Gasteiger partial charge in [0.05, 0.1) is 11.8 Å². The van der Waals surface area contributed by atoms with Gasteiger partial charge in [0.2, 0.25) is 0 Å². The van der Waals surface area contributed by atoms with Crippen molar-refractivity contribution in [2.75, 3.05) is 0 Å². The Bertz CT molecular complexity index is 596. The van der Waals surface area contributed by atoms with Gasteiger partial charge in [-0.1, -0.05) is 38.1 Å². The number of halogens is 2. The first-order valence-corrected chi connectivity index (χ1v) is 7.73. The average Bonchev–Trinajstić information content (AvgIpc) is 2.47. The normalized spacial score (nSPS) is 11.6. The Kier molecular flexibility index (Phi) is 4.70. The lowest BCUT2D eigenvalue weighted by Gasteiger charge is -2.27. The largest absolute Gasteiger partial charge is 0.508 e. The van der Waals surface area contributed by atoms with Gasteiger partial charge in [-0.2, -0.15) is 0 Å². The number of hydrogen-bond acceptors (Lipinski definition) is 2. The summed E-state index contributed by atoms with van der Waals surface area (Å²) >= 11 is 11.7. The van der Waals surface area contributed by atoms with Crippen LogP contribution in [-0.2, 0) is 17.2 Å². The van der Waals surface area contributed by atoms with Gasteiger partial charge in [0, 0.05) is 16.5 Å². The molecule has 21 heavy (non-hydrogen) atoms. The van der Waals surface area contributed by atoms with Crippen molar-refractivity contribution in [1.29, 1.82) is 0 Å². The molecule has 0 atom stereocenters. The highest BCUT2D eigenvalue weighted by molar-refractivity contribution is 6.17. The van der Waals surface area contributed by atoms with Crippen LogP contribution < -0.4 is 0 Å².